The van der Waals surface area contributed by atoms with E-state index in [0.717, 1.165) is 22.9 Å². The summed E-state index contributed by atoms with van der Waals surface area (Å²) in [7, 11) is 3.26. The molecule has 2 aromatic rings. The monoisotopic (exact) mass is 338 g/mol. The highest BCUT2D eigenvalue weighted by molar-refractivity contribution is 6.11. The molecule has 1 amide bonds. The molecule has 5 heteroatoms. The van der Waals surface area contributed by atoms with Gasteiger partial charge < -0.3 is 14.4 Å². The van der Waals surface area contributed by atoms with Gasteiger partial charge in [0.2, 0.25) is 5.91 Å². The number of aliphatic imine (C=N–C) groups is 1. The van der Waals surface area contributed by atoms with Crippen molar-refractivity contribution in [2.45, 2.75) is 19.4 Å². The molecule has 2 unspecified atom stereocenters. The Morgan fingerprint density at radius 2 is 1.52 bits per heavy atom. The van der Waals surface area contributed by atoms with E-state index >= 15 is 0 Å². The predicted octanol–water partition coefficient (Wildman–Crippen LogP) is 3.85. The van der Waals surface area contributed by atoms with Crippen LogP contribution < -0.4 is 14.4 Å². The molecule has 3 rings (SSSR count). The highest BCUT2D eigenvalue weighted by Gasteiger charge is 2.54. The fourth-order valence-corrected chi connectivity index (χ4v) is 2.99. The standard InChI is InChI=1S/C20H22N2O3/c1-14-19(23)22(16-7-11-18(25-4)12-8-16)20(14,2)13-21-15-5-9-17(24-3)10-6-15/h5-14H,1-4H3. The lowest BCUT2D eigenvalue weighted by atomic mass is 9.76. The van der Waals surface area contributed by atoms with E-state index in [4.69, 9.17) is 9.47 Å². The van der Waals surface area contributed by atoms with Gasteiger partial charge in [-0.25, -0.2) is 0 Å². The first-order chi connectivity index (χ1) is 12.0. The Morgan fingerprint density at radius 1 is 1.00 bits per heavy atom. The van der Waals surface area contributed by atoms with Crippen molar-refractivity contribution in [2.75, 3.05) is 19.1 Å². The molecule has 2 atom stereocenters. The van der Waals surface area contributed by atoms with Gasteiger partial charge in [-0.05, 0) is 55.5 Å². The van der Waals surface area contributed by atoms with Gasteiger partial charge in [-0.2, -0.15) is 0 Å². The number of amides is 1. The number of nitrogens with zero attached hydrogens (tertiary/aromatic N) is 2. The van der Waals surface area contributed by atoms with Crippen molar-refractivity contribution >= 4 is 23.5 Å². The summed E-state index contributed by atoms with van der Waals surface area (Å²) in [5.74, 6) is 1.51. The quantitative estimate of drug-likeness (QED) is 0.615. The minimum atomic E-state index is -0.467. The lowest BCUT2D eigenvalue weighted by Gasteiger charge is -2.52. The maximum absolute atomic E-state index is 12.4. The van der Waals surface area contributed by atoms with Gasteiger partial charge in [0.25, 0.3) is 0 Å². The minimum Gasteiger partial charge on any atom is -0.497 e. The van der Waals surface area contributed by atoms with Gasteiger partial charge in [0, 0.05) is 11.9 Å². The third kappa shape index (κ3) is 2.97. The average Bonchev–Trinajstić information content (AvgIpc) is 2.67. The number of β-lactam (4-membered cyclic amide) rings is 1. The summed E-state index contributed by atoms with van der Waals surface area (Å²) >= 11 is 0. The van der Waals surface area contributed by atoms with Crippen LogP contribution in [-0.2, 0) is 4.79 Å². The molecule has 1 aliphatic heterocycles. The van der Waals surface area contributed by atoms with E-state index in [1.807, 2.05) is 68.6 Å². The van der Waals surface area contributed by atoms with Gasteiger partial charge in [0.15, 0.2) is 0 Å². The van der Waals surface area contributed by atoms with Crippen LogP contribution >= 0.6 is 0 Å². The van der Waals surface area contributed by atoms with Crippen LogP contribution in [0.1, 0.15) is 13.8 Å². The van der Waals surface area contributed by atoms with E-state index in [0.29, 0.717) is 0 Å². The van der Waals surface area contributed by atoms with E-state index in [2.05, 4.69) is 4.99 Å². The first kappa shape index (κ1) is 17.0. The van der Waals surface area contributed by atoms with Gasteiger partial charge in [-0.15, -0.1) is 0 Å². The summed E-state index contributed by atoms with van der Waals surface area (Å²) in [6.45, 7) is 3.96. The molecule has 25 heavy (non-hydrogen) atoms. The fraction of sp³-hybridized carbons (Fsp3) is 0.300. The van der Waals surface area contributed by atoms with Crippen LogP contribution in [0.15, 0.2) is 53.5 Å². The number of ether oxygens (including phenoxy) is 2. The summed E-state index contributed by atoms with van der Waals surface area (Å²) < 4.78 is 10.3. The summed E-state index contributed by atoms with van der Waals surface area (Å²) in [5.41, 5.74) is 1.20. The van der Waals surface area contributed by atoms with Crippen molar-refractivity contribution < 1.29 is 14.3 Å². The molecule has 130 valence electrons. The van der Waals surface area contributed by atoms with Crippen molar-refractivity contribution in [3.63, 3.8) is 0 Å². The van der Waals surface area contributed by atoms with Gasteiger partial charge in [-0.1, -0.05) is 6.92 Å². The highest BCUT2D eigenvalue weighted by atomic mass is 16.5. The lowest BCUT2D eigenvalue weighted by Crippen LogP contribution is -2.70. The van der Waals surface area contributed by atoms with Crippen LogP contribution in [0.4, 0.5) is 11.4 Å². The van der Waals surface area contributed by atoms with Crippen LogP contribution in [0.2, 0.25) is 0 Å². The Labute approximate surface area is 147 Å². The molecular weight excluding hydrogens is 316 g/mol. The normalized spacial score (nSPS) is 22.8. The summed E-state index contributed by atoms with van der Waals surface area (Å²) in [6, 6.07) is 15.0. The minimum absolute atomic E-state index is 0.0915. The lowest BCUT2D eigenvalue weighted by molar-refractivity contribution is -0.130. The Hall–Kier alpha value is -2.82. The maximum atomic E-state index is 12.4. The van der Waals surface area contributed by atoms with E-state index in [-0.39, 0.29) is 11.8 Å². The Bertz CT molecular complexity index is 784. The van der Waals surface area contributed by atoms with Crippen molar-refractivity contribution in [1.29, 1.82) is 0 Å². The number of hydrogen-bond donors (Lipinski definition) is 0. The first-order valence-electron chi connectivity index (χ1n) is 8.17. The largest absolute Gasteiger partial charge is 0.497 e. The Morgan fingerprint density at radius 3 is 2.04 bits per heavy atom. The first-order valence-corrected chi connectivity index (χ1v) is 8.17. The molecule has 0 saturated carbocycles. The van der Waals surface area contributed by atoms with Gasteiger partial charge in [0.1, 0.15) is 11.5 Å². The molecule has 5 nitrogen and oxygen atoms in total. The molecule has 0 aromatic heterocycles. The number of benzene rings is 2. The van der Waals surface area contributed by atoms with E-state index in [1.165, 1.54) is 0 Å². The number of carbonyl (C=O) groups excluding carboxylic acids is 1. The van der Waals surface area contributed by atoms with Crippen LogP contribution in [0.25, 0.3) is 0 Å². The van der Waals surface area contributed by atoms with Gasteiger partial charge in [-0.3, -0.25) is 9.79 Å². The third-order valence-corrected chi connectivity index (χ3v) is 4.83. The molecular formula is C20H22N2O3. The van der Waals surface area contributed by atoms with E-state index in [1.54, 1.807) is 19.1 Å². The topological polar surface area (TPSA) is 51.1 Å². The maximum Gasteiger partial charge on any atom is 0.233 e. The van der Waals surface area contributed by atoms with Crippen LogP contribution in [0.5, 0.6) is 11.5 Å². The van der Waals surface area contributed by atoms with Crippen LogP contribution in [0.3, 0.4) is 0 Å². The van der Waals surface area contributed by atoms with Crippen molar-refractivity contribution in [3.05, 3.63) is 48.5 Å². The predicted molar refractivity (Wildman–Crippen MR) is 99.2 cm³/mol. The van der Waals surface area contributed by atoms with Gasteiger partial charge in [0.05, 0.1) is 31.4 Å². The summed E-state index contributed by atoms with van der Waals surface area (Å²) in [5, 5.41) is 0. The average molecular weight is 338 g/mol. The molecule has 2 aromatic carbocycles. The molecule has 0 N–H and O–H groups in total. The number of hydrogen-bond acceptors (Lipinski definition) is 4. The zero-order valence-electron chi connectivity index (χ0n) is 14.9. The second-order valence-corrected chi connectivity index (χ2v) is 6.28. The molecule has 0 aliphatic carbocycles. The number of anilines is 1. The number of rotatable bonds is 5. The van der Waals surface area contributed by atoms with Crippen LogP contribution in [-0.4, -0.2) is 31.9 Å². The van der Waals surface area contributed by atoms with Gasteiger partial charge >= 0.3 is 0 Å². The number of carbonyl (C=O) groups is 1. The zero-order valence-corrected chi connectivity index (χ0v) is 14.9. The van der Waals surface area contributed by atoms with Crippen molar-refractivity contribution in [3.8, 4) is 11.5 Å². The SMILES string of the molecule is COc1ccc(N=CC2(C)C(C)C(=O)N2c2ccc(OC)cc2)cc1. The number of methoxy groups -OCH3 is 2. The van der Waals surface area contributed by atoms with Crippen molar-refractivity contribution in [1.82, 2.24) is 0 Å². The second kappa shape index (κ2) is 6.59. The second-order valence-electron chi connectivity index (χ2n) is 6.28. The van der Waals surface area contributed by atoms with E-state index < -0.39 is 5.54 Å². The van der Waals surface area contributed by atoms with E-state index in [9.17, 15) is 4.79 Å². The van der Waals surface area contributed by atoms with Crippen molar-refractivity contribution in [2.24, 2.45) is 10.9 Å². The summed E-state index contributed by atoms with van der Waals surface area (Å²) in [4.78, 5) is 18.8. The smallest absolute Gasteiger partial charge is 0.233 e. The summed E-state index contributed by atoms with van der Waals surface area (Å²) in [6.07, 6.45) is 1.85. The fourth-order valence-electron chi connectivity index (χ4n) is 2.99. The molecule has 1 heterocycles. The molecule has 0 bridgehead atoms. The third-order valence-electron chi connectivity index (χ3n) is 4.83. The molecule has 1 aliphatic rings. The molecule has 1 fully saturated rings. The zero-order chi connectivity index (χ0) is 18.0. The molecule has 1 saturated heterocycles. The molecule has 0 radical (unpaired) electrons. The molecule has 0 spiro atoms. The Kier molecular flexibility index (Phi) is 4.49. The van der Waals surface area contributed by atoms with Crippen LogP contribution in [0, 0.1) is 5.92 Å². The highest BCUT2D eigenvalue weighted by Crippen LogP contribution is 2.41. The Balaban J connectivity index is 1.85.